The lowest BCUT2D eigenvalue weighted by Crippen LogP contribution is -2.53. The number of allylic oxidation sites excluding steroid dienone is 1. The van der Waals surface area contributed by atoms with Crippen LogP contribution in [-0.2, 0) is 32.4 Å². The van der Waals surface area contributed by atoms with Gasteiger partial charge in [0.1, 0.15) is 19.2 Å². The van der Waals surface area contributed by atoms with Crippen molar-refractivity contribution in [1.82, 2.24) is 30.7 Å². The number of hydrogen-bond donors (Lipinski definition) is 2. The van der Waals surface area contributed by atoms with Crippen molar-refractivity contribution >= 4 is 23.8 Å². The van der Waals surface area contributed by atoms with E-state index in [1.807, 2.05) is 101 Å². The summed E-state index contributed by atoms with van der Waals surface area (Å²) in [6.45, 7) is 8.52. The topological polar surface area (TPSA) is 118 Å². The zero-order valence-corrected chi connectivity index (χ0v) is 25.6. The van der Waals surface area contributed by atoms with Crippen molar-refractivity contribution < 1.29 is 19.2 Å². The number of rotatable bonds is 16. The molecule has 0 aliphatic carbocycles. The Morgan fingerprint density at radius 1 is 0.977 bits per heavy atom. The van der Waals surface area contributed by atoms with Crippen LogP contribution in [0.25, 0.3) is 6.08 Å². The van der Waals surface area contributed by atoms with Gasteiger partial charge in [-0.25, -0.2) is 15.1 Å². The van der Waals surface area contributed by atoms with Crippen LogP contribution in [0.3, 0.4) is 0 Å². The number of amides is 3. The van der Waals surface area contributed by atoms with E-state index in [0.29, 0.717) is 19.4 Å². The minimum absolute atomic E-state index is 0.0668. The molecule has 3 atom stereocenters. The summed E-state index contributed by atoms with van der Waals surface area (Å²) in [7, 11) is 0. The number of benzene rings is 2. The van der Waals surface area contributed by atoms with Gasteiger partial charge in [-0.15, -0.1) is 0 Å². The molecule has 0 unspecified atom stereocenters. The molecule has 0 bridgehead atoms. The zero-order chi connectivity index (χ0) is 31.0. The average molecular weight is 589 g/mol. The van der Waals surface area contributed by atoms with Crippen molar-refractivity contribution in [1.29, 1.82) is 0 Å². The van der Waals surface area contributed by atoms with Gasteiger partial charge >= 0.3 is 0 Å². The number of carbonyl (C=O) groups is 3. The van der Waals surface area contributed by atoms with Crippen LogP contribution in [0.5, 0.6) is 0 Å². The molecule has 0 radical (unpaired) electrons. The Morgan fingerprint density at radius 2 is 1.67 bits per heavy atom. The Morgan fingerprint density at radius 3 is 2.30 bits per heavy atom. The molecule has 0 saturated heterocycles. The summed E-state index contributed by atoms with van der Waals surface area (Å²) in [4.78, 5) is 50.3. The maximum Gasteiger partial charge on any atom is 0.262 e. The summed E-state index contributed by atoms with van der Waals surface area (Å²) in [5.74, 6) is -2.31. The van der Waals surface area contributed by atoms with Crippen LogP contribution in [0.2, 0.25) is 0 Å². The minimum Gasteiger partial charge on any atom is -0.273 e. The standard InChI is InChI=1S/C33H44N6O4/c1-5-26(4)20-39(31(40)21-38-24-34-23-35-38)36-32(41)30(19-25(2)3)29(18-12-17-27-13-8-6-9-14-27)33(42)37-43-22-28-15-10-7-11-16-28/h6-17,23-26,29-30H,5,18-22H2,1-4H3,(H,36,41)(H,37,42)/t26-,29-,30+/m0/s1. The van der Waals surface area contributed by atoms with Crippen molar-refractivity contribution in [2.45, 2.75) is 60.1 Å². The van der Waals surface area contributed by atoms with Crippen LogP contribution in [0.15, 0.2) is 79.4 Å². The van der Waals surface area contributed by atoms with Crippen molar-refractivity contribution in [3.8, 4) is 0 Å². The van der Waals surface area contributed by atoms with Crippen LogP contribution in [0.1, 0.15) is 58.1 Å². The third-order valence-corrected chi connectivity index (χ3v) is 7.14. The lowest BCUT2D eigenvalue weighted by molar-refractivity contribution is -0.149. The predicted octanol–water partition coefficient (Wildman–Crippen LogP) is 4.81. The first-order valence-electron chi connectivity index (χ1n) is 14.9. The molecular weight excluding hydrogens is 544 g/mol. The van der Waals surface area contributed by atoms with E-state index in [9.17, 15) is 14.4 Å². The van der Waals surface area contributed by atoms with E-state index < -0.39 is 17.7 Å². The second-order valence-corrected chi connectivity index (χ2v) is 11.2. The summed E-state index contributed by atoms with van der Waals surface area (Å²) < 4.78 is 1.42. The largest absolute Gasteiger partial charge is 0.273 e. The summed E-state index contributed by atoms with van der Waals surface area (Å²) >= 11 is 0. The zero-order valence-electron chi connectivity index (χ0n) is 25.6. The Hall–Kier alpha value is -4.31. The van der Waals surface area contributed by atoms with E-state index in [0.717, 1.165) is 17.5 Å². The molecule has 0 saturated carbocycles. The SMILES string of the molecule is CC[C@H](C)CN(NC(=O)[C@H](CC(C)C)[C@H](CC=Cc1ccccc1)C(=O)NOCc1ccccc1)C(=O)Cn1cncn1. The van der Waals surface area contributed by atoms with E-state index in [4.69, 9.17) is 4.84 Å². The van der Waals surface area contributed by atoms with Gasteiger partial charge in [0.15, 0.2) is 0 Å². The Balaban J connectivity index is 1.82. The van der Waals surface area contributed by atoms with Crippen LogP contribution < -0.4 is 10.9 Å². The Kier molecular flexibility index (Phi) is 13.6. The predicted molar refractivity (Wildman–Crippen MR) is 165 cm³/mol. The molecule has 0 fully saturated rings. The van der Waals surface area contributed by atoms with E-state index in [1.165, 1.54) is 22.3 Å². The second-order valence-electron chi connectivity index (χ2n) is 11.2. The molecule has 3 rings (SSSR count). The third kappa shape index (κ3) is 11.5. The fraction of sp³-hybridized carbons (Fsp3) is 0.424. The van der Waals surface area contributed by atoms with Gasteiger partial charge in [-0.2, -0.15) is 5.10 Å². The molecule has 10 nitrogen and oxygen atoms in total. The summed E-state index contributed by atoms with van der Waals surface area (Å²) in [5, 5.41) is 5.38. The van der Waals surface area contributed by atoms with Crippen LogP contribution in [0, 0.1) is 23.7 Å². The number of nitrogens with one attached hydrogen (secondary N) is 2. The fourth-order valence-electron chi connectivity index (χ4n) is 4.58. The summed E-state index contributed by atoms with van der Waals surface area (Å²) in [5.41, 5.74) is 7.35. The summed E-state index contributed by atoms with van der Waals surface area (Å²) in [6, 6.07) is 19.3. The molecule has 2 aromatic carbocycles. The van der Waals surface area contributed by atoms with Crippen LogP contribution >= 0.6 is 0 Å². The normalized spacial score (nSPS) is 13.4. The molecule has 230 valence electrons. The van der Waals surface area contributed by atoms with E-state index in [-0.39, 0.29) is 36.8 Å². The number of hydrazine groups is 1. The highest BCUT2D eigenvalue weighted by Gasteiger charge is 2.35. The Labute approximate surface area is 254 Å². The molecule has 1 heterocycles. The van der Waals surface area contributed by atoms with Crippen molar-refractivity contribution in [2.75, 3.05) is 6.54 Å². The van der Waals surface area contributed by atoms with Gasteiger partial charge in [0.05, 0.1) is 18.4 Å². The number of hydroxylamine groups is 1. The van der Waals surface area contributed by atoms with Gasteiger partial charge in [-0.3, -0.25) is 29.7 Å². The monoisotopic (exact) mass is 588 g/mol. The maximum absolute atomic E-state index is 14.0. The minimum atomic E-state index is -0.742. The first-order valence-corrected chi connectivity index (χ1v) is 14.9. The van der Waals surface area contributed by atoms with Crippen molar-refractivity contribution in [2.24, 2.45) is 23.7 Å². The van der Waals surface area contributed by atoms with Gasteiger partial charge in [0.25, 0.3) is 5.91 Å². The summed E-state index contributed by atoms with van der Waals surface area (Å²) in [6.07, 6.45) is 8.23. The number of carbonyl (C=O) groups excluding carboxylic acids is 3. The first-order chi connectivity index (χ1) is 20.8. The Bertz CT molecular complexity index is 1280. The molecule has 1 aromatic heterocycles. The van der Waals surface area contributed by atoms with Crippen molar-refractivity contribution in [3.63, 3.8) is 0 Å². The highest BCUT2D eigenvalue weighted by Crippen LogP contribution is 2.26. The number of hydrogen-bond acceptors (Lipinski definition) is 6. The highest BCUT2D eigenvalue weighted by molar-refractivity contribution is 5.89. The third-order valence-electron chi connectivity index (χ3n) is 7.14. The van der Waals surface area contributed by atoms with E-state index >= 15 is 0 Å². The second kappa shape index (κ2) is 17.6. The molecule has 0 aliphatic rings. The number of aromatic nitrogens is 3. The molecule has 3 amide bonds. The first kappa shape index (κ1) is 33.2. The molecular formula is C33H44N6O4. The average Bonchev–Trinajstić information content (AvgIpc) is 3.51. The number of nitrogens with zero attached hydrogens (tertiary/aromatic N) is 4. The van der Waals surface area contributed by atoms with Crippen LogP contribution in [-0.4, -0.2) is 44.0 Å². The maximum atomic E-state index is 14.0. The molecule has 2 N–H and O–H groups in total. The molecule has 43 heavy (non-hydrogen) atoms. The van der Waals surface area contributed by atoms with E-state index in [2.05, 4.69) is 21.0 Å². The van der Waals surface area contributed by atoms with Gasteiger partial charge in [-0.1, -0.05) is 107 Å². The molecule has 0 aliphatic heterocycles. The molecule has 0 spiro atoms. The quantitative estimate of drug-likeness (QED) is 0.232. The van der Waals surface area contributed by atoms with Crippen LogP contribution in [0.4, 0.5) is 0 Å². The molecule has 3 aromatic rings. The lowest BCUT2D eigenvalue weighted by atomic mass is 9.82. The van der Waals surface area contributed by atoms with Gasteiger partial charge < -0.3 is 0 Å². The fourth-order valence-corrected chi connectivity index (χ4v) is 4.58. The van der Waals surface area contributed by atoms with Crippen molar-refractivity contribution in [3.05, 3.63) is 90.5 Å². The van der Waals surface area contributed by atoms with E-state index in [1.54, 1.807) is 0 Å². The molecule has 10 heteroatoms. The van der Waals surface area contributed by atoms with Gasteiger partial charge in [0, 0.05) is 6.54 Å². The van der Waals surface area contributed by atoms with Gasteiger partial charge in [0.2, 0.25) is 11.8 Å². The smallest absolute Gasteiger partial charge is 0.262 e. The highest BCUT2D eigenvalue weighted by atomic mass is 16.6. The van der Waals surface area contributed by atoms with Gasteiger partial charge in [-0.05, 0) is 35.8 Å². The lowest BCUT2D eigenvalue weighted by Gasteiger charge is -2.31.